The number of ether oxygens (including phenoxy) is 1. The van der Waals surface area contributed by atoms with Crippen LogP contribution in [-0.4, -0.2) is 28.0 Å². The third-order valence-electron chi connectivity index (χ3n) is 4.68. The van der Waals surface area contributed by atoms with Crippen LogP contribution in [0.2, 0.25) is 5.02 Å². The first kappa shape index (κ1) is 22.7. The summed E-state index contributed by atoms with van der Waals surface area (Å²) < 4.78 is 32.9. The highest BCUT2D eigenvalue weighted by atomic mass is 35.5. The lowest BCUT2D eigenvalue weighted by Crippen LogP contribution is -2.38. The first-order valence-electron chi connectivity index (χ1n) is 9.64. The average molecular weight is 459 g/mol. The molecule has 0 aromatic heterocycles. The van der Waals surface area contributed by atoms with Crippen LogP contribution < -0.4 is 14.4 Å². The number of nitrogens with one attached hydrogen (secondary N) is 1. The smallest absolute Gasteiger partial charge is 0.264 e. The van der Waals surface area contributed by atoms with Gasteiger partial charge in [-0.2, -0.15) is 0 Å². The zero-order chi connectivity index (χ0) is 22.4. The van der Waals surface area contributed by atoms with Gasteiger partial charge in [0, 0.05) is 10.7 Å². The lowest BCUT2D eigenvalue weighted by Gasteiger charge is -2.24. The molecule has 0 radical (unpaired) electrons. The van der Waals surface area contributed by atoms with Crippen molar-refractivity contribution in [3.63, 3.8) is 0 Å². The largest absolute Gasteiger partial charge is 0.497 e. The zero-order valence-electron chi connectivity index (χ0n) is 17.2. The van der Waals surface area contributed by atoms with E-state index < -0.39 is 22.5 Å². The van der Waals surface area contributed by atoms with Crippen molar-refractivity contribution in [2.24, 2.45) is 0 Å². The highest BCUT2D eigenvalue weighted by molar-refractivity contribution is 7.92. The minimum absolute atomic E-state index is 0.0355. The maximum atomic E-state index is 13.4. The Labute approximate surface area is 187 Å². The van der Waals surface area contributed by atoms with Crippen molar-refractivity contribution in [2.45, 2.75) is 18.2 Å². The molecule has 0 aliphatic rings. The first-order valence-corrected chi connectivity index (χ1v) is 11.5. The van der Waals surface area contributed by atoms with Crippen molar-refractivity contribution >= 4 is 38.9 Å². The summed E-state index contributed by atoms with van der Waals surface area (Å²) in [6, 6.07) is 19.8. The number of hydrogen-bond donors (Lipinski definition) is 1. The van der Waals surface area contributed by atoms with Crippen LogP contribution in [0.25, 0.3) is 0 Å². The molecule has 1 N–H and O–H groups in total. The number of amides is 1. The van der Waals surface area contributed by atoms with Gasteiger partial charge in [-0.05, 0) is 66.6 Å². The van der Waals surface area contributed by atoms with Gasteiger partial charge in [0.05, 0.1) is 17.7 Å². The molecule has 0 bridgehead atoms. The van der Waals surface area contributed by atoms with Gasteiger partial charge in [0.1, 0.15) is 12.3 Å². The summed E-state index contributed by atoms with van der Waals surface area (Å²) in [5.41, 5.74) is 2.02. The number of aryl methyl sites for hydroxylation is 1. The third kappa shape index (κ3) is 5.57. The number of carbonyl (C=O) groups is 1. The summed E-state index contributed by atoms with van der Waals surface area (Å²) in [6.45, 7) is 1.63. The Morgan fingerprint density at radius 3 is 2.29 bits per heavy atom. The van der Waals surface area contributed by atoms with Gasteiger partial charge in [-0.1, -0.05) is 36.7 Å². The summed E-state index contributed by atoms with van der Waals surface area (Å²) in [5, 5.41) is 3.12. The van der Waals surface area contributed by atoms with Crippen LogP contribution in [0.3, 0.4) is 0 Å². The van der Waals surface area contributed by atoms with Crippen molar-refractivity contribution in [2.75, 3.05) is 23.3 Å². The first-order chi connectivity index (χ1) is 14.8. The minimum atomic E-state index is -4.04. The van der Waals surface area contributed by atoms with E-state index in [1.165, 1.54) is 25.3 Å². The highest BCUT2D eigenvalue weighted by Crippen LogP contribution is 2.27. The molecule has 0 saturated carbocycles. The molecule has 8 heteroatoms. The Balaban J connectivity index is 1.91. The fourth-order valence-electron chi connectivity index (χ4n) is 2.98. The molecule has 3 aromatic rings. The molecule has 6 nitrogen and oxygen atoms in total. The van der Waals surface area contributed by atoms with Crippen LogP contribution in [0.4, 0.5) is 11.4 Å². The monoisotopic (exact) mass is 458 g/mol. The van der Waals surface area contributed by atoms with Crippen molar-refractivity contribution in [1.29, 1.82) is 0 Å². The molecule has 0 spiro atoms. The molecule has 0 aliphatic heterocycles. The molecular weight excluding hydrogens is 436 g/mol. The van der Waals surface area contributed by atoms with Gasteiger partial charge < -0.3 is 10.1 Å². The van der Waals surface area contributed by atoms with Gasteiger partial charge in [-0.3, -0.25) is 9.10 Å². The minimum Gasteiger partial charge on any atom is -0.497 e. The van der Waals surface area contributed by atoms with Crippen molar-refractivity contribution < 1.29 is 17.9 Å². The number of methoxy groups -OCH3 is 1. The van der Waals surface area contributed by atoms with Crippen molar-refractivity contribution in [3.8, 4) is 5.75 Å². The lowest BCUT2D eigenvalue weighted by molar-refractivity contribution is -0.114. The van der Waals surface area contributed by atoms with Gasteiger partial charge >= 0.3 is 0 Å². The molecule has 3 aromatic carbocycles. The van der Waals surface area contributed by atoms with E-state index >= 15 is 0 Å². The number of benzene rings is 3. The number of sulfonamides is 1. The Bertz CT molecular complexity index is 1150. The summed E-state index contributed by atoms with van der Waals surface area (Å²) in [4.78, 5) is 12.8. The number of anilines is 2. The van der Waals surface area contributed by atoms with Gasteiger partial charge in [0.15, 0.2) is 0 Å². The van der Waals surface area contributed by atoms with E-state index in [4.69, 9.17) is 16.3 Å². The molecule has 3 rings (SSSR count). The molecule has 0 unspecified atom stereocenters. The molecular formula is C23H23ClN2O4S. The predicted molar refractivity (Wildman–Crippen MR) is 123 cm³/mol. The summed E-state index contributed by atoms with van der Waals surface area (Å²) in [6.07, 6.45) is 0.886. The summed E-state index contributed by atoms with van der Waals surface area (Å²) >= 11 is 6.08. The van der Waals surface area contributed by atoms with Crippen LogP contribution in [0, 0.1) is 0 Å². The Hall–Kier alpha value is -3.03. The van der Waals surface area contributed by atoms with Gasteiger partial charge in [0.25, 0.3) is 10.0 Å². The molecule has 0 aliphatic carbocycles. The highest BCUT2D eigenvalue weighted by Gasteiger charge is 2.27. The summed E-state index contributed by atoms with van der Waals surface area (Å²) in [5.74, 6) is 0.0582. The van der Waals surface area contributed by atoms with Gasteiger partial charge in [-0.25, -0.2) is 8.42 Å². The van der Waals surface area contributed by atoms with Crippen molar-refractivity contribution in [3.05, 3.63) is 83.4 Å². The second-order valence-corrected chi connectivity index (χ2v) is 9.06. The Morgan fingerprint density at radius 1 is 1.03 bits per heavy atom. The van der Waals surface area contributed by atoms with Crippen LogP contribution >= 0.6 is 11.6 Å². The molecule has 162 valence electrons. The standard InChI is InChI=1S/C23H23ClN2O4S/c1-3-17-7-9-19(10-8-17)25-23(27)16-26(20-6-4-5-18(24)15-20)31(28,29)22-13-11-21(30-2)12-14-22/h4-15H,3,16H2,1-2H3,(H,25,27). The van der Waals surface area contributed by atoms with Gasteiger partial charge in [-0.15, -0.1) is 0 Å². The Morgan fingerprint density at radius 2 is 1.71 bits per heavy atom. The average Bonchev–Trinajstić information content (AvgIpc) is 2.78. The number of halogens is 1. The van der Waals surface area contributed by atoms with Crippen molar-refractivity contribution in [1.82, 2.24) is 0 Å². The fourth-order valence-corrected chi connectivity index (χ4v) is 4.57. The number of carbonyl (C=O) groups excluding carboxylic acids is 1. The van der Waals surface area contributed by atoms with E-state index in [1.807, 2.05) is 19.1 Å². The van der Waals surface area contributed by atoms with E-state index in [0.717, 1.165) is 16.3 Å². The maximum absolute atomic E-state index is 13.4. The molecule has 1 amide bonds. The summed E-state index contributed by atoms with van der Waals surface area (Å²) in [7, 11) is -2.54. The Kier molecular flexibility index (Phi) is 7.20. The predicted octanol–water partition coefficient (Wildman–Crippen LogP) is 4.75. The molecule has 0 saturated heterocycles. The number of rotatable bonds is 8. The normalized spacial score (nSPS) is 11.1. The van der Waals surface area contributed by atoms with E-state index in [-0.39, 0.29) is 4.90 Å². The van der Waals surface area contributed by atoms with Crippen LogP contribution in [0.5, 0.6) is 5.75 Å². The quantitative estimate of drug-likeness (QED) is 0.528. The molecule has 31 heavy (non-hydrogen) atoms. The van der Waals surface area contributed by atoms with E-state index in [9.17, 15) is 13.2 Å². The lowest BCUT2D eigenvalue weighted by atomic mass is 10.1. The molecule has 0 fully saturated rings. The number of nitrogens with zero attached hydrogens (tertiary/aromatic N) is 1. The number of hydrogen-bond acceptors (Lipinski definition) is 4. The second kappa shape index (κ2) is 9.85. The van der Waals surface area contributed by atoms with Crippen LogP contribution in [0.15, 0.2) is 77.7 Å². The second-order valence-electron chi connectivity index (χ2n) is 6.77. The molecule has 0 atom stereocenters. The van der Waals surface area contributed by atoms with E-state index in [1.54, 1.807) is 42.5 Å². The molecule has 0 heterocycles. The van der Waals surface area contributed by atoms with Crippen LogP contribution in [-0.2, 0) is 21.2 Å². The maximum Gasteiger partial charge on any atom is 0.264 e. The third-order valence-corrected chi connectivity index (χ3v) is 6.70. The zero-order valence-corrected chi connectivity index (χ0v) is 18.8. The SMILES string of the molecule is CCc1ccc(NC(=O)CN(c2cccc(Cl)c2)S(=O)(=O)c2ccc(OC)cc2)cc1. The topological polar surface area (TPSA) is 75.7 Å². The van der Waals surface area contributed by atoms with Crippen LogP contribution in [0.1, 0.15) is 12.5 Å². The van der Waals surface area contributed by atoms with E-state index in [0.29, 0.717) is 22.1 Å². The fraction of sp³-hybridized carbons (Fsp3) is 0.174. The van der Waals surface area contributed by atoms with E-state index in [2.05, 4.69) is 5.32 Å². The van der Waals surface area contributed by atoms with Gasteiger partial charge in [0.2, 0.25) is 5.91 Å².